The average molecular weight is 495 g/mol. The third kappa shape index (κ3) is 8.15. The van der Waals surface area contributed by atoms with Crippen molar-refractivity contribution < 1.29 is 28.5 Å². The fourth-order valence-electron chi connectivity index (χ4n) is 3.16. The molecule has 0 atom stereocenters. The van der Waals surface area contributed by atoms with Gasteiger partial charge in [-0.3, -0.25) is 9.69 Å². The molecule has 0 bridgehead atoms. The molecule has 1 amide bonds. The number of hydrogen-bond acceptors (Lipinski definition) is 9. The molecule has 190 valence electrons. The molecule has 0 fully saturated rings. The van der Waals surface area contributed by atoms with E-state index in [0.717, 1.165) is 5.56 Å². The highest BCUT2D eigenvalue weighted by Gasteiger charge is 2.21. The summed E-state index contributed by atoms with van der Waals surface area (Å²) in [6.45, 7) is 2.89. The number of benzene rings is 2. The van der Waals surface area contributed by atoms with Crippen LogP contribution in [-0.2, 0) is 16.1 Å². The average Bonchev–Trinajstić information content (AvgIpc) is 2.90. The van der Waals surface area contributed by atoms with E-state index in [1.54, 1.807) is 56.8 Å². The molecule has 1 heterocycles. The van der Waals surface area contributed by atoms with Crippen molar-refractivity contribution >= 4 is 18.0 Å². The van der Waals surface area contributed by atoms with Crippen molar-refractivity contribution in [3.8, 4) is 17.2 Å². The second-order valence-corrected chi connectivity index (χ2v) is 7.67. The minimum atomic E-state index is -0.667. The molecule has 0 aliphatic rings. The molecular weight excluding hydrogens is 464 g/mol. The molecule has 10 heteroatoms. The number of carbonyl (C=O) groups excluding carboxylic acids is 2. The zero-order valence-corrected chi connectivity index (χ0v) is 20.6. The Morgan fingerprint density at radius 1 is 0.917 bits per heavy atom. The zero-order chi connectivity index (χ0) is 25.8. The Labute approximate surface area is 210 Å². The number of amides is 1. The topological polar surface area (TPSA) is 103 Å². The third-order valence-electron chi connectivity index (χ3n) is 5.03. The Morgan fingerprint density at radius 2 is 1.56 bits per heavy atom. The Morgan fingerprint density at radius 3 is 2.19 bits per heavy atom. The number of rotatable bonds is 12. The van der Waals surface area contributed by atoms with Gasteiger partial charge in [0.05, 0.1) is 20.3 Å². The molecule has 0 spiro atoms. The summed E-state index contributed by atoms with van der Waals surface area (Å²) in [6.07, 6.45) is 2.71. The molecule has 36 heavy (non-hydrogen) atoms. The van der Waals surface area contributed by atoms with Crippen LogP contribution in [0.2, 0.25) is 0 Å². The summed E-state index contributed by atoms with van der Waals surface area (Å²) < 4.78 is 21.4. The predicted molar refractivity (Wildman–Crippen MR) is 133 cm³/mol. The maximum absolute atomic E-state index is 12.8. The molecular formula is C26H30N4O6. The van der Waals surface area contributed by atoms with Crippen molar-refractivity contribution in [2.24, 2.45) is 0 Å². The minimum absolute atomic E-state index is 0.155. The summed E-state index contributed by atoms with van der Waals surface area (Å²) in [5, 5.41) is 0. The van der Waals surface area contributed by atoms with Gasteiger partial charge in [-0.25, -0.2) is 14.8 Å². The Balaban J connectivity index is 1.57. The van der Waals surface area contributed by atoms with E-state index < -0.39 is 12.1 Å². The molecule has 2 aromatic carbocycles. The largest absolute Gasteiger partial charge is 0.497 e. The molecule has 1 aromatic heterocycles. The van der Waals surface area contributed by atoms with Crippen molar-refractivity contribution in [3.05, 3.63) is 72.6 Å². The highest BCUT2D eigenvalue weighted by atomic mass is 16.6. The lowest BCUT2D eigenvalue weighted by atomic mass is 10.2. The van der Waals surface area contributed by atoms with E-state index in [9.17, 15) is 9.59 Å². The van der Waals surface area contributed by atoms with Gasteiger partial charge in [0.1, 0.15) is 30.4 Å². The van der Waals surface area contributed by atoms with E-state index >= 15 is 0 Å². The smallest absolute Gasteiger partial charge is 0.416 e. The molecule has 0 aliphatic carbocycles. The van der Waals surface area contributed by atoms with E-state index in [1.807, 2.05) is 36.2 Å². The van der Waals surface area contributed by atoms with Crippen molar-refractivity contribution in [2.45, 2.75) is 13.5 Å². The first-order chi connectivity index (χ1) is 17.5. The second-order valence-electron chi connectivity index (χ2n) is 7.67. The molecule has 0 saturated heterocycles. The number of esters is 1. The first-order valence-corrected chi connectivity index (χ1v) is 11.4. The predicted octanol–water partition coefficient (Wildman–Crippen LogP) is 3.56. The highest BCUT2D eigenvalue weighted by Crippen LogP contribution is 2.19. The van der Waals surface area contributed by atoms with Crippen molar-refractivity contribution in [2.75, 3.05) is 45.4 Å². The quantitative estimate of drug-likeness (QED) is 0.350. The zero-order valence-electron chi connectivity index (χ0n) is 20.6. The molecule has 0 aliphatic heterocycles. The van der Waals surface area contributed by atoms with Crippen LogP contribution in [0.4, 0.5) is 10.7 Å². The van der Waals surface area contributed by atoms with Crippen LogP contribution in [0.1, 0.15) is 12.5 Å². The molecule has 0 radical (unpaired) electrons. The number of likely N-dealkylation sites (N-methyl/N-ethyl adjacent to an activating group) is 1. The summed E-state index contributed by atoms with van der Waals surface area (Å²) in [4.78, 5) is 36.5. The van der Waals surface area contributed by atoms with Gasteiger partial charge in [0, 0.05) is 26.0 Å². The van der Waals surface area contributed by atoms with E-state index in [4.69, 9.17) is 18.9 Å². The maximum atomic E-state index is 12.8. The Hall–Kier alpha value is -4.34. The summed E-state index contributed by atoms with van der Waals surface area (Å²) in [5.41, 5.74) is 0.799. The lowest BCUT2D eigenvalue weighted by Crippen LogP contribution is -2.38. The van der Waals surface area contributed by atoms with Crippen LogP contribution in [0, 0.1) is 0 Å². The number of nitrogens with zero attached hydrogens (tertiary/aromatic N) is 4. The van der Waals surface area contributed by atoms with Gasteiger partial charge in [0.2, 0.25) is 5.95 Å². The van der Waals surface area contributed by atoms with Crippen LogP contribution in [-0.4, -0.2) is 67.4 Å². The summed E-state index contributed by atoms with van der Waals surface area (Å²) in [6, 6.07) is 15.7. The second kappa shape index (κ2) is 13.5. The van der Waals surface area contributed by atoms with E-state index in [1.165, 1.54) is 4.90 Å². The van der Waals surface area contributed by atoms with Crippen LogP contribution in [0.15, 0.2) is 67.0 Å². The number of ether oxygens (including phenoxy) is 4. The van der Waals surface area contributed by atoms with Crippen LogP contribution < -0.4 is 19.1 Å². The number of aromatic nitrogens is 2. The standard InChI is InChI=1S/C26H30N4O6/c1-4-34-24(31)19-30(26(32)36-23-12-10-21(33-3)11-13-23)18-20-6-8-22(9-7-20)35-17-16-29(2)25-27-14-5-15-28-25/h5-15H,4,16-19H2,1-3H3. The molecule has 3 rings (SSSR count). The molecule has 3 aromatic rings. The van der Waals surface area contributed by atoms with E-state index in [2.05, 4.69) is 9.97 Å². The fraction of sp³-hybridized carbons (Fsp3) is 0.308. The monoisotopic (exact) mass is 494 g/mol. The summed E-state index contributed by atoms with van der Waals surface area (Å²) in [5.74, 6) is 1.76. The van der Waals surface area contributed by atoms with Crippen molar-refractivity contribution in [3.63, 3.8) is 0 Å². The number of hydrogen-bond donors (Lipinski definition) is 0. The van der Waals surface area contributed by atoms with Crippen LogP contribution >= 0.6 is 0 Å². The van der Waals surface area contributed by atoms with Gasteiger partial charge in [-0.1, -0.05) is 12.1 Å². The van der Waals surface area contributed by atoms with Crippen molar-refractivity contribution in [1.82, 2.24) is 14.9 Å². The SMILES string of the molecule is CCOC(=O)CN(Cc1ccc(OCCN(C)c2ncccn2)cc1)C(=O)Oc1ccc(OC)cc1. The van der Waals surface area contributed by atoms with Crippen LogP contribution in [0.3, 0.4) is 0 Å². The molecule has 0 saturated carbocycles. The van der Waals surface area contributed by atoms with Gasteiger partial charge in [0.15, 0.2) is 0 Å². The maximum Gasteiger partial charge on any atom is 0.416 e. The highest BCUT2D eigenvalue weighted by molar-refractivity contribution is 5.79. The number of carbonyl (C=O) groups is 2. The van der Waals surface area contributed by atoms with E-state index in [-0.39, 0.29) is 19.7 Å². The lowest BCUT2D eigenvalue weighted by Gasteiger charge is -2.21. The molecule has 10 nitrogen and oxygen atoms in total. The first-order valence-electron chi connectivity index (χ1n) is 11.4. The first kappa shape index (κ1) is 26.3. The van der Waals surface area contributed by atoms with Crippen molar-refractivity contribution in [1.29, 1.82) is 0 Å². The number of methoxy groups -OCH3 is 1. The van der Waals surface area contributed by atoms with Gasteiger partial charge in [0.25, 0.3) is 0 Å². The van der Waals surface area contributed by atoms with Gasteiger partial charge >= 0.3 is 12.1 Å². The van der Waals surface area contributed by atoms with Gasteiger partial charge in [-0.15, -0.1) is 0 Å². The van der Waals surface area contributed by atoms with Crippen LogP contribution in [0.25, 0.3) is 0 Å². The van der Waals surface area contributed by atoms with E-state index in [0.29, 0.717) is 36.3 Å². The lowest BCUT2D eigenvalue weighted by molar-refractivity contribution is -0.144. The fourth-order valence-corrected chi connectivity index (χ4v) is 3.16. The van der Waals surface area contributed by atoms with Crippen LogP contribution in [0.5, 0.6) is 17.2 Å². The van der Waals surface area contributed by atoms with Gasteiger partial charge in [-0.05, 0) is 55.0 Å². The summed E-state index contributed by atoms with van der Waals surface area (Å²) >= 11 is 0. The van der Waals surface area contributed by atoms with Gasteiger partial charge < -0.3 is 23.8 Å². The Kier molecular flexibility index (Phi) is 9.87. The number of anilines is 1. The minimum Gasteiger partial charge on any atom is -0.497 e. The molecule has 0 N–H and O–H groups in total. The normalized spacial score (nSPS) is 10.3. The Bertz CT molecular complexity index is 1090. The third-order valence-corrected chi connectivity index (χ3v) is 5.03. The van der Waals surface area contributed by atoms with Gasteiger partial charge in [-0.2, -0.15) is 0 Å². The molecule has 0 unspecified atom stereocenters. The summed E-state index contributed by atoms with van der Waals surface area (Å²) in [7, 11) is 3.45.